The van der Waals surface area contributed by atoms with Gasteiger partial charge in [0.15, 0.2) is 11.0 Å². The molecule has 0 radical (unpaired) electrons. The normalized spacial score (nSPS) is 11.3. The number of methoxy groups -OCH3 is 2. The molecule has 0 spiro atoms. The van der Waals surface area contributed by atoms with Crippen LogP contribution in [0.2, 0.25) is 0 Å². The van der Waals surface area contributed by atoms with E-state index in [1.54, 1.807) is 43.1 Å². The number of non-ortho nitro benzene ring substituents is 1. The quantitative estimate of drug-likeness (QED) is 0.0964. The third-order valence-corrected chi connectivity index (χ3v) is 7.61. The summed E-state index contributed by atoms with van der Waals surface area (Å²) in [5.74, 6) is 0.462. The number of nitro benzene ring substituents is 1. The molecule has 200 valence electrons. The number of ether oxygens (including phenoxy) is 2. The molecule has 0 saturated heterocycles. The molecule has 3 aromatic carbocycles. The largest absolute Gasteiger partial charge is 0.497 e. The number of carboxylic acid groups (broad SMARTS) is 1. The van der Waals surface area contributed by atoms with Gasteiger partial charge in [-0.3, -0.25) is 10.1 Å². The van der Waals surface area contributed by atoms with Crippen molar-refractivity contribution in [1.29, 1.82) is 0 Å². The van der Waals surface area contributed by atoms with Crippen LogP contribution in [0.4, 0.5) is 5.69 Å². The van der Waals surface area contributed by atoms with Crippen molar-refractivity contribution in [2.45, 2.75) is 28.4 Å². The molecular weight excluding hydrogens is 540 g/mol. The van der Waals surface area contributed by atoms with E-state index in [4.69, 9.17) is 9.47 Å². The van der Waals surface area contributed by atoms with Crippen LogP contribution in [0, 0.1) is 10.1 Å². The van der Waals surface area contributed by atoms with Crippen LogP contribution in [0.1, 0.15) is 12.5 Å². The third-order valence-electron chi connectivity index (χ3n) is 5.52. The van der Waals surface area contributed by atoms with Crippen LogP contribution in [-0.2, 0) is 11.3 Å². The average Bonchev–Trinajstić information content (AvgIpc) is 3.36. The lowest BCUT2D eigenvalue weighted by Gasteiger charge is -2.11. The van der Waals surface area contributed by atoms with Crippen molar-refractivity contribution < 1.29 is 24.3 Å². The van der Waals surface area contributed by atoms with Gasteiger partial charge in [0, 0.05) is 40.1 Å². The van der Waals surface area contributed by atoms with Gasteiger partial charge in [0.1, 0.15) is 16.4 Å². The number of carboxylic acids is 1. The molecule has 0 bridgehead atoms. The van der Waals surface area contributed by atoms with Gasteiger partial charge in [-0.1, -0.05) is 30.0 Å². The van der Waals surface area contributed by atoms with Crippen LogP contribution in [0.25, 0.3) is 17.5 Å². The van der Waals surface area contributed by atoms with Gasteiger partial charge >= 0.3 is 5.97 Å². The van der Waals surface area contributed by atoms with Crippen molar-refractivity contribution in [3.05, 3.63) is 87.3 Å². The molecule has 0 aliphatic heterocycles. The van der Waals surface area contributed by atoms with Gasteiger partial charge in [0.05, 0.1) is 19.1 Å². The topological polar surface area (TPSA) is 130 Å². The van der Waals surface area contributed by atoms with E-state index >= 15 is 0 Å². The van der Waals surface area contributed by atoms with Crippen LogP contribution < -0.4 is 9.47 Å². The van der Waals surface area contributed by atoms with Gasteiger partial charge < -0.3 is 19.1 Å². The molecule has 12 heteroatoms. The van der Waals surface area contributed by atoms with E-state index in [0.717, 1.165) is 16.7 Å². The number of hydrogen-bond donors (Lipinski definition) is 1. The maximum Gasteiger partial charge on any atom is 0.342 e. The van der Waals surface area contributed by atoms with Gasteiger partial charge in [-0.05, 0) is 60.7 Å². The highest BCUT2D eigenvalue weighted by Crippen LogP contribution is 2.37. The summed E-state index contributed by atoms with van der Waals surface area (Å²) in [6.07, 6.45) is 1.42. The molecule has 0 saturated carbocycles. The van der Waals surface area contributed by atoms with E-state index in [-0.39, 0.29) is 10.6 Å². The van der Waals surface area contributed by atoms with E-state index in [1.807, 2.05) is 37.3 Å². The zero-order chi connectivity index (χ0) is 27.9. The number of nitrogens with zero attached hydrogens (tertiary/aromatic N) is 4. The third kappa shape index (κ3) is 6.59. The fourth-order valence-corrected chi connectivity index (χ4v) is 5.44. The minimum atomic E-state index is -1.20. The molecule has 0 fully saturated rings. The maximum absolute atomic E-state index is 12.3. The number of rotatable bonds is 11. The van der Waals surface area contributed by atoms with Gasteiger partial charge in [-0.15, -0.1) is 10.2 Å². The second kappa shape index (κ2) is 12.5. The van der Waals surface area contributed by atoms with E-state index < -0.39 is 10.9 Å². The van der Waals surface area contributed by atoms with Crippen LogP contribution in [0.15, 0.2) is 86.6 Å². The van der Waals surface area contributed by atoms with Crippen LogP contribution in [-0.4, -0.2) is 45.0 Å². The molecule has 4 aromatic rings. The first-order valence-electron chi connectivity index (χ1n) is 11.6. The smallest absolute Gasteiger partial charge is 0.342 e. The summed E-state index contributed by atoms with van der Waals surface area (Å²) < 4.78 is 12.5. The van der Waals surface area contributed by atoms with Gasteiger partial charge in [-0.2, -0.15) is 0 Å². The maximum atomic E-state index is 12.3. The van der Waals surface area contributed by atoms with E-state index in [9.17, 15) is 20.0 Å². The predicted molar refractivity (Wildman–Crippen MR) is 149 cm³/mol. The van der Waals surface area contributed by atoms with E-state index in [2.05, 4.69) is 10.2 Å². The number of carbonyl (C=O) groups is 1. The van der Waals surface area contributed by atoms with Gasteiger partial charge in [0.2, 0.25) is 0 Å². The molecule has 0 unspecified atom stereocenters. The molecule has 0 atom stereocenters. The zero-order valence-electron chi connectivity index (χ0n) is 21.2. The molecule has 1 aromatic heterocycles. The number of aromatic nitrogens is 3. The zero-order valence-corrected chi connectivity index (χ0v) is 22.9. The summed E-state index contributed by atoms with van der Waals surface area (Å²) in [6, 6.07) is 19.2. The lowest BCUT2D eigenvalue weighted by atomic mass is 10.2. The summed E-state index contributed by atoms with van der Waals surface area (Å²) in [6.45, 7) is 2.36. The first-order valence-corrected chi connectivity index (χ1v) is 13.3. The van der Waals surface area contributed by atoms with E-state index in [1.165, 1.54) is 30.0 Å². The van der Waals surface area contributed by atoms with Crippen LogP contribution in [0.3, 0.4) is 0 Å². The monoisotopic (exact) mass is 564 g/mol. The Labute approximate surface area is 232 Å². The standard InChI is InChI=1S/C27H24N4O6S2/c1-4-30-25(18-13-20(36-2)16-21(14-18)37-3)28-29-27(30)39-24(26(32)33)15-17-12-19(31(34)35)10-11-23(17)38-22-8-6-5-7-9-22/h5-16H,4H2,1-3H3,(H,32,33)/b24-15+. The summed E-state index contributed by atoms with van der Waals surface area (Å²) >= 11 is 2.30. The lowest BCUT2D eigenvalue weighted by Crippen LogP contribution is -2.03. The fourth-order valence-electron chi connectivity index (χ4n) is 3.64. The molecule has 4 rings (SSSR count). The number of hydrogen-bond acceptors (Lipinski definition) is 9. The first-order chi connectivity index (χ1) is 18.8. The molecule has 39 heavy (non-hydrogen) atoms. The number of nitro groups is 1. The molecule has 0 aliphatic rings. The predicted octanol–water partition coefficient (Wildman–Crippen LogP) is 6.26. The highest BCUT2D eigenvalue weighted by atomic mass is 32.2. The van der Waals surface area contributed by atoms with Crippen molar-refractivity contribution in [2.24, 2.45) is 0 Å². The Hall–Kier alpha value is -4.29. The summed E-state index contributed by atoms with van der Waals surface area (Å²) in [5.41, 5.74) is 0.955. The first kappa shape index (κ1) is 27.7. The minimum Gasteiger partial charge on any atom is -0.497 e. The fraction of sp³-hybridized carbons (Fsp3) is 0.148. The van der Waals surface area contributed by atoms with E-state index in [0.29, 0.717) is 45.0 Å². The Morgan fingerprint density at radius 2 is 1.74 bits per heavy atom. The van der Waals surface area contributed by atoms with Gasteiger partial charge in [-0.25, -0.2) is 4.79 Å². The summed E-state index contributed by atoms with van der Waals surface area (Å²) in [5, 5.41) is 30.4. The Morgan fingerprint density at radius 1 is 1.05 bits per heavy atom. The number of aliphatic carboxylic acids is 1. The lowest BCUT2D eigenvalue weighted by molar-refractivity contribution is -0.384. The van der Waals surface area contributed by atoms with Crippen molar-refractivity contribution in [2.75, 3.05) is 14.2 Å². The second-order valence-corrected chi connectivity index (χ2v) is 10.1. The van der Waals surface area contributed by atoms with Crippen LogP contribution in [0.5, 0.6) is 11.5 Å². The second-order valence-electron chi connectivity index (χ2n) is 7.96. The Kier molecular flexibility index (Phi) is 8.89. The Balaban J connectivity index is 1.75. The number of thioether (sulfide) groups is 1. The highest BCUT2D eigenvalue weighted by Gasteiger charge is 2.20. The molecule has 0 aliphatic carbocycles. The van der Waals surface area contributed by atoms with Crippen LogP contribution >= 0.6 is 23.5 Å². The molecular formula is C27H24N4O6S2. The Morgan fingerprint density at radius 3 is 2.33 bits per heavy atom. The van der Waals surface area contributed by atoms with Crippen molar-refractivity contribution in [1.82, 2.24) is 14.8 Å². The molecule has 0 amide bonds. The molecule has 1 heterocycles. The average molecular weight is 565 g/mol. The van der Waals surface area contributed by atoms with Crippen molar-refractivity contribution in [3.8, 4) is 22.9 Å². The minimum absolute atomic E-state index is 0.0673. The van der Waals surface area contributed by atoms with Crippen molar-refractivity contribution >= 4 is 41.3 Å². The van der Waals surface area contributed by atoms with Crippen molar-refractivity contribution in [3.63, 3.8) is 0 Å². The Bertz CT molecular complexity index is 1520. The number of benzene rings is 3. The highest BCUT2D eigenvalue weighted by molar-refractivity contribution is 8.04. The van der Waals surface area contributed by atoms with Gasteiger partial charge in [0.25, 0.3) is 5.69 Å². The molecule has 1 N–H and O–H groups in total. The summed E-state index contributed by atoms with van der Waals surface area (Å²) in [7, 11) is 3.10. The SMILES string of the molecule is CCn1c(S/C(=C/c2cc([N+](=O)[O-])ccc2Sc2ccccc2)C(=O)O)nnc1-c1cc(OC)cc(OC)c1. The molecule has 10 nitrogen and oxygen atoms in total. The summed E-state index contributed by atoms with van der Waals surface area (Å²) in [4.78, 5) is 24.8.